The Morgan fingerprint density at radius 1 is 1.33 bits per heavy atom. The van der Waals surface area contributed by atoms with Gasteiger partial charge in [-0.25, -0.2) is 0 Å². The number of hydrogen-bond acceptors (Lipinski definition) is 2. The first kappa shape index (κ1) is 12.8. The number of nitrogens with zero attached hydrogens (tertiary/aromatic N) is 1. The van der Waals surface area contributed by atoms with Crippen LogP contribution in [-0.2, 0) is 0 Å². The Bertz CT molecular complexity index is 540. The molecule has 2 nitrogen and oxygen atoms in total. The molecule has 2 aromatic rings. The van der Waals surface area contributed by atoms with Gasteiger partial charge in [-0.15, -0.1) is 6.58 Å². The van der Waals surface area contributed by atoms with Gasteiger partial charge in [0.25, 0.3) is 0 Å². The van der Waals surface area contributed by atoms with Crippen molar-refractivity contribution in [3.63, 3.8) is 0 Å². The van der Waals surface area contributed by atoms with E-state index < -0.39 is 0 Å². The minimum Gasteiger partial charge on any atom is -0.312 e. The van der Waals surface area contributed by atoms with E-state index in [1.54, 1.807) is 0 Å². The van der Waals surface area contributed by atoms with Crippen molar-refractivity contribution in [1.82, 2.24) is 10.3 Å². The van der Waals surface area contributed by atoms with Gasteiger partial charge in [0.2, 0.25) is 0 Å². The molecule has 1 N–H and O–H groups in total. The predicted molar refractivity (Wildman–Crippen MR) is 77.6 cm³/mol. The van der Waals surface area contributed by atoms with Crippen LogP contribution < -0.4 is 5.32 Å². The molecule has 1 atom stereocenters. The molecule has 0 spiro atoms. The molecule has 0 aliphatic carbocycles. The summed E-state index contributed by atoms with van der Waals surface area (Å²) in [6.07, 6.45) is 3.95. The Labute approximate surface area is 109 Å². The lowest BCUT2D eigenvalue weighted by Gasteiger charge is -2.17. The Balaban J connectivity index is 2.35. The third-order valence-electron chi connectivity index (χ3n) is 3.24. The molecule has 0 bridgehead atoms. The van der Waals surface area contributed by atoms with E-state index in [-0.39, 0.29) is 6.04 Å². The summed E-state index contributed by atoms with van der Waals surface area (Å²) in [7, 11) is 1.99. The van der Waals surface area contributed by atoms with E-state index in [9.17, 15) is 0 Å². The fourth-order valence-corrected chi connectivity index (χ4v) is 2.23. The second kappa shape index (κ2) is 5.78. The topological polar surface area (TPSA) is 24.9 Å². The smallest absolute Gasteiger partial charge is 0.0651 e. The summed E-state index contributed by atoms with van der Waals surface area (Å²) >= 11 is 0. The van der Waals surface area contributed by atoms with Crippen molar-refractivity contribution in [1.29, 1.82) is 0 Å². The lowest BCUT2D eigenvalue weighted by atomic mass is 10.00. The number of nitrogens with one attached hydrogen (secondary N) is 1. The van der Waals surface area contributed by atoms with Crippen LogP contribution in [0, 0.1) is 0 Å². The lowest BCUT2D eigenvalue weighted by molar-refractivity contribution is 0.539. The average Bonchev–Trinajstić information content (AvgIpc) is 2.39. The van der Waals surface area contributed by atoms with Gasteiger partial charge in [0, 0.05) is 11.6 Å². The number of hydrogen-bond donors (Lipinski definition) is 1. The van der Waals surface area contributed by atoms with Crippen LogP contribution in [0.4, 0.5) is 0 Å². The fraction of sp³-hybridized carbons (Fsp3) is 0.312. The van der Waals surface area contributed by atoms with Gasteiger partial charge in [-0.2, -0.15) is 0 Å². The SMILES string of the molecule is C=C(C)CCC(NC)c1nccc2ccccc12. The second-order valence-corrected chi connectivity index (χ2v) is 4.75. The van der Waals surface area contributed by atoms with Crippen LogP contribution in [0.2, 0.25) is 0 Å². The van der Waals surface area contributed by atoms with Crippen LogP contribution in [0.15, 0.2) is 48.7 Å². The molecule has 0 aliphatic rings. The second-order valence-electron chi connectivity index (χ2n) is 4.75. The maximum absolute atomic E-state index is 4.56. The Morgan fingerprint density at radius 3 is 2.83 bits per heavy atom. The molecule has 1 unspecified atom stereocenters. The van der Waals surface area contributed by atoms with Gasteiger partial charge in [-0.05, 0) is 38.3 Å². The van der Waals surface area contributed by atoms with Gasteiger partial charge >= 0.3 is 0 Å². The van der Waals surface area contributed by atoms with Crippen molar-refractivity contribution in [3.05, 3.63) is 54.4 Å². The quantitative estimate of drug-likeness (QED) is 0.803. The normalized spacial score (nSPS) is 12.6. The van der Waals surface area contributed by atoms with Crippen LogP contribution in [-0.4, -0.2) is 12.0 Å². The number of benzene rings is 1. The zero-order valence-corrected chi connectivity index (χ0v) is 11.1. The first-order valence-corrected chi connectivity index (χ1v) is 6.37. The van der Waals surface area contributed by atoms with E-state index in [1.165, 1.54) is 16.3 Å². The van der Waals surface area contributed by atoms with Gasteiger partial charge < -0.3 is 5.32 Å². The Hall–Kier alpha value is -1.67. The highest BCUT2D eigenvalue weighted by Gasteiger charge is 2.13. The highest BCUT2D eigenvalue weighted by Crippen LogP contribution is 2.25. The van der Waals surface area contributed by atoms with E-state index in [0.717, 1.165) is 18.5 Å². The minimum absolute atomic E-state index is 0.285. The molecular formula is C16H20N2. The molecule has 94 valence electrons. The van der Waals surface area contributed by atoms with Gasteiger partial charge in [-0.3, -0.25) is 4.98 Å². The van der Waals surface area contributed by atoms with Crippen LogP contribution >= 0.6 is 0 Å². The summed E-state index contributed by atoms with van der Waals surface area (Å²) in [4.78, 5) is 4.56. The van der Waals surface area contributed by atoms with Gasteiger partial charge in [0.1, 0.15) is 0 Å². The molecule has 1 aromatic heterocycles. The number of pyridine rings is 1. The zero-order valence-electron chi connectivity index (χ0n) is 11.1. The van der Waals surface area contributed by atoms with Gasteiger partial charge in [-0.1, -0.05) is 29.8 Å². The van der Waals surface area contributed by atoms with Crippen molar-refractivity contribution in [2.24, 2.45) is 0 Å². The number of aromatic nitrogens is 1. The summed E-state index contributed by atoms with van der Waals surface area (Å²) in [6, 6.07) is 10.7. The molecule has 2 rings (SSSR count). The van der Waals surface area contributed by atoms with Crippen LogP contribution in [0.3, 0.4) is 0 Å². The summed E-state index contributed by atoms with van der Waals surface area (Å²) in [5, 5.41) is 5.85. The molecule has 0 radical (unpaired) electrons. The van der Waals surface area contributed by atoms with Crippen molar-refractivity contribution < 1.29 is 0 Å². The molecule has 2 heteroatoms. The summed E-state index contributed by atoms with van der Waals surface area (Å²) in [5.41, 5.74) is 2.35. The van der Waals surface area contributed by atoms with E-state index in [1.807, 2.05) is 13.2 Å². The molecule has 0 aliphatic heterocycles. The molecule has 1 aromatic carbocycles. The van der Waals surface area contributed by atoms with Crippen molar-refractivity contribution >= 4 is 10.8 Å². The predicted octanol–water partition coefficient (Wildman–Crippen LogP) is 3.85. The minimum atomic E-state index is 0.285. The Morgan fingerprint density at radius 2 is 2.11 bits per heavy atom. The summed E-state index contributed by atoms with van der Waals surface area (Å²) in [5.74, 6) is 0. The maximum Gasteiger partial charge on any atom is 0.0651 e. The number of rotatable bonds is 5. The van der Waals surface area contributed by atoms with E-state index >= 15 is 0 Å². The monoisotopic (exact) mass is 240 g/mol. The summed E-state index contributed by atoms with van der Waals surface area (Å²) < 4.78 is 0. The molecular weight excluding hydrogens is 220 g/mol. The molecule has 0 amide bonds. The molecule has 1 heterocycles. The van der Waals surface area contributed by atoms with Crippen LogP contribution in [0.5, 0.6) is 0 Å². The first-order valence-electron chi connectivity index (χ1n) is 6.37. The fourth-order valence-electron chi connectivity index (χ4n) is 2.23. The van der Waals surface area contributed by atoms with Gasteiger partial charge in [0.05, 0.1) is 11.7 Å². The first-order chi connectivity index (χ1) is 8.72. The number of allylic oxidation sites excluding steroid dienone is 1. The van der Waals surface area contributed by atoms with Crippen molar-refractivity contribution in [3.8, 4) is 0 Å². The maximum atomic E-state index is 4.56. The largest absolute Gasteiger partial charge is 0.312 e. The van der Waals surface area contributed by atoms with Crippen LogP contribution in [0.25, 0.3) is 10.8 Å². The molecule has 0 saturated carbocycles. The van der Waals surface area contributed by atoms with E-state index in [0.29, 0.717) is 0 Å². The van der Waals surface area contributed by atoms with Gasteiger partial charge in [0.15, 0.2) is 0 Å². The highest BCUT2D eigenvalue weighted by atomic mass is 14.9. The average molecular weight is 240 g/mol. The molecule has 0 saturated heterocycles. The zero-order chi connectivity index (χ0) is 13.0. The van der Waals surface area contributed by atoms with Crippen molar-refractivity contribution in [2.75, 3.05) is 7.05 Å². The standard InChI is InChI=1S/C16H20N2/c1-12(2)8-9-15(17-3)16-14-7-5-4-6-13(14)10-11-18-16/h4-7,10-11,15,17H,1,8-9H2,2-3H3. The van der Waals surface area contributed by atoms with E-state index in [2.05, 4.69) is 54.1 Å². The Kier molecular flexibility index (Phi) is 4.11. The third-order valence-corrected chi connectivity index (χ3v) is 3.24. The van der Waals surface area contributed by atoms with Crippen molar-refractivity contribution in [2.45, 2.75) is 25.8 Å². The molecule has 18 heavy (non-hydrogen) atoms. The van der Waals surface area contributed by atoms with E-state index in [4.69, 9.17) is 0 Å². The van der Waals surface area contributed by atoms with Crippen LogP contribution in [0.1, 0.15) is 31.5 Å². The summed E-state index contributed by atoms with van der Waals surface area (Å²) in [6.45, 7) is 6.04. The third kappa shape index (κ3) is 2.77. The highest BCUT2D eigenvalue weighted by molar-refractivity contribution is 5.84. The molecule has 0 fully saturated rings. The number of fused-ring (bicyclic) bond motifs is 1. The lowest BCUT2D eigenvalue weighted by Crippen LogP contribution is -2.18.